The number of methoxy groups -OCH3 is 1. The molecule has 0 radical (unpaired) electrons. The first kappa shape index (κ1) is 13.3. The van der Waals surface area contributed by atoms with E-state index in [-0.39, 0.29) is 0 Å². The van der Waals surface area contributed by atoms with Gasteiger partial charge in [-0.25, -0.2) is 0 Å². The molecule has 0 spiro atoms. The summed E-state index contributed by atoms with van der Waals surface area (Å²) in [6.45, 7) is 0. The van der Waals surface area contributed by atoms with Crippen molar-refractivity contribution < 1.29 is 4.74 Å². The van der Waals surface area contributed by atoms with Crippen LogP contribution in [0, 0.1) is 22.7 Å². The highest BCUT2D eigenvalue weighted by atomic mass is 16.5. The Hall–Kier alpha value is -3.11. The summed E-state index contributed by atoms with van der Waals surface area (Å²) in [7, 11) is 1.60. The highest BCUT2D eigenvalue weighted by Gasteiger charge is 2.05. The number of ether oxygens (including phenoxy) is 1. The molecule has 0 aliphatic carbocycles. The quantitative estimate of drug-likeness (QED) is 0.797. The summed E-state index contributed by atoms with van der Waals surface area (Å²) in [6, 6.07) is 16.4. The molecule has 0 saturated carbocycles. The van der Waals surface area contributed by atoms with Crippen LogP contribution in [0.4, 0.5) is 5.69 Å². The summed E-state index contributed by atoms with van der Waals surface area (Å²) >= 11 is 0. The van der Waals surface area contributed by atoms with Crippen molar-refractivity contribution in [2.24, 2.45) is 4.99 Å². The average Bonchev–Trinajstić information content (AvgIpc) is 2.52. The number of para-hydroxylation sites is 1. The third kappa shape index (κ3) is 2.82. The van der Waals surface area contributed by atoms with Gasteiger partial charge in [-0.15, -0.1) is 0 Å². The number of hydrogen-bond donors (Lipinski definition) is 0. The van der Waals surface area contributed by atoms with E-state index in [0.29, 0.717) is 16.8 Å². The predicted molar refractivity (Wildman–Crippen MR) is 76.1 cm³/mol. The number of rotatable bonds is 3. The van der Waals surface area contributed by atoms with Crippen LogP contribution in [0.2, 0.25) is 0 Å². The van der Waals surface area contributed by atoms with Crippen LogP contribution in [0.1, 0.15) is 16.7 Å². The van der Waals surface area contributed by atoms with Crippen LogP contribution in [-0.4, -0.2) is 13.3 Å². The second-order valence-corrected chi connectivity index (χ2v) is 3.96. The molecule has 0 N–H and O–H groups in total. The van der Waals surface area contributed by atoms with Gasteiger partial charge < -0.3 is 4.74 Å². The Labute approximate surface area is 117 Å². The number of nitriles is 2. The Morgan fingerprint density at radius 1 is 1.00 bits per heavy atom. The topological polar surface area (TPSA) is 69.2 Å². The van der Waals surface area contributed by atoms with E-state index >= 15 is 0 Å². The molecule has 0 bridgehead atoms. The molecule has 20 heavy (non-hydrogen) atoms. The summed E-state index contributed by atoms with van der Waals surface area (Å²) in [4.78, 5) is 4.26. The molecule has 0 amide bonds. The van der Waals surface area contributed by atoms with Gasteiger partial charge in [-0.3, -0.25) is 4.99 Å². The lowest BCUT2D eigenvalue weighted by atomic mass is 10.1. The summed E-state index contributed by atoms with van der Waals surface area (Å²) in [5.41, 5.74) is 2.03. The Balaban J connectivity index is 2.36. The van der Waals surface area contributed by atoms with Crippen LogP contribution in [0.3, 0.4) is 0 Å². The van der Waals surface area contributed by atoms with E-state index in [4.69, 9.17) is 15.3 Å². The minimum atomic E-state index is 0.383. The van der Waals surface area contributed by atoms with Crippen molar-refractivity contribution in [1.82, 2.24) is 0 Å². The monoisotopic (exact) mass is 261 g/mol. The van der Waals surface area contributed by atoms with Gasteiger partial charge in [-0.2, -0.15) is 10.5 Å². The summed E-state index contributed by atoms with van der Waals surface area (Å²) < 4.78 is 5.07. The fraction of sp³-hybridized carbons (Fsp3) is 0.0625. The van der Waals surface area contributed by atoms with Gasteiger partial charge in [0.15, 0.2) is 0 Å². The Morgan fingerprint density at radius 2 is 1.60 bits per heavy atom. The maximum Gasteiger partial charge on any atom is 0.118 e. The van der Waals surface area contributed by atoms with Gasteiger partial charge in [0.05, 0.1) is 23.9 Å². The predicted octanol–water partition coefficient (Wildman–Crippen LogP) is 3.19. The van der Waals surface area contributed by atoms with E-state index < -0.39 is 0 Å². The van der Waals surface area contributed by atoms with Crippen molar-refractivity contribution >= 4 is 11.9 Å². The van der Waals surface area contributed by atoms with Crippen LogP contribution in [0.15, 0.2) is 47.5 Å². The van der Waals surface area contributed by atoms with Crippen molar-refractivity contribution in [1.29, 1.82) is 10.5 Å². The first-order valence-corrected chi connectivity index (χ1v) is 5.90. The summed E-state index contributed by atoms with van der Waals surface area (Å²) in [5.74, 6) is 0.761. The average molecular weight is 261 g/mol. The fourth-order valence-corrected chi connectivity index (χ4v) is 1.69. The number of nitrogens with zero attached hydrogens (tertiary/aromatic N) is 3. The first-order valence-electron chi connectivity index (χ1n) is 5.90. The van der Waals surface area contributed by atoms with Crippen LogP contribution in [-0.2, 0) is 0 Å². The summed E-state index contributed by atoms with van der Waals surface area (Å²) in [6.07, 6.45) is 1.62. The molecule has 2 aromatic carbocycles. The molecular weight excluding hydrogens is 250 g/mol. The van der Waals surface area contributed by atoms with E-state index in [0.717, 1.165) is 11.3 Å². The Bertz CT molecular complexity index is 687. The first-order chi connectivity index (χ1) is 9.78. The van der Waals surface area contributed by atoms with E-state index in [2.05, 4.69) is 4.99 Å². The van der Waals surface area contributed by atoms with E-state index in [9.17, 15) is 0 Å². The molecule has 0 saturated heterocycles. The molecular formula is C16H11N3O. The molecule has 4 heteroatoms. The lowest BCUT2D eigenvalue weighted by molar-refractivity contribution is 0.415. The van der Waals surface area contributed by atoms with Crippen molar-refractivity contribution in [3.63, 3.8) is 0 Å². The van der Waals surface area contributed by atoms with Crippen molar-refractivity contribution in [2.45, 2.75) is 0 Å². The Kier molecular flexibility index (Phi) is 4.11. The van der Waals surface area contributed by atoms with Gasteiger partial charge in [-0.1, -0.05) is 6.07 Å². The molecule has 0 atom stereocenters. The molecule has 96 valence electrons. The molecule has 0 aliphatic rings. The zero-order chi connectivity index (χ0) is 14.4. The molecule has 2 rings (SSSR count). The molecule has 2 aromatic rings. The van der Waals surface area contributed by atoms with Crippen LogP contribution < -0.4 is 4.74 Å². The molecule has 0 aliphatic heterocycles. The third-order valence-electron chi connectivity index (χ3n) is 2.74. The van der Waals surface area contributed by atoms with Crippen molar-refractivity contribution in [2.75, 3.05) is 7.11 Å². The lowest BCUT2D eigenvalue weighted by Gasteiger charge is -2.01. The minimum absolute atomic E-state index is 0.383. The van der Waals surface area contributed by atoms with E-state index in [1.54, 1.807) is 31.5 Å². The molecule has 0 aromatic heterocycles. The second-order valence-electron chi connectivity index (χ2n) is 3.96. The molecule has 0 heterocycles. The van der Waals surface area contributed by atoms with E-state index in [1.165, 1.54) is 0 Å². The van der Waals surface area contributed by atoms with Gasteiger partial charge in [0.25, 0.3) is 0 Å². The SMILES string of the molecule is COc1ccc(C=Nc2c(C#N)cccc2C#N)cc1. The fourth-order valence-electron chi connectivity index (χ4n) is 1.69. The second kappa shape index (κ2) is 6.17. The largest absolute Gasteiger partial charge is 0.497 e. The third-order valence-corrected chi connectivity index (χ3v) is 2.74. The maximum absolute atomic E-state index is 9.05. The van der Waals surface area contributed by atoms with E-state index in [1.807, 2.05) is 36.4 Å². The number of aliphatic imine (C=N–C) groups is 1. The van der Waals surface area contributed by atoms with Crippen molar-refractivity contribution in [3.05, 3.63) is 59.2 Å². The minimum Gasteiger partial charge on any atom is -0.497 e. The number of hydrogen-bond acceptors (Lipinski definition) is 4. The van der Waals surface area contributed by atoms with Gasteiger partial charge in [0.2, 0.25) is 0 Å². The number of benzene rings is 2. The zero-order valence-electron chi connectivity index (χ0n) is 10.9. The van der Waals surface area contributed by atoms with Crippen LogP contribution in [0.5, 0.6) is 5.75 Å². The molecule has 0 unspecified atom stereocenters. The maximum atomic E-state index is 9.05. The standard InChI is InChI=1S/C16H11N3O/c1-20-15-7-5-12(6-8-15)11-19-16-13(9-17)3-2-4-14(16)10-18/h2-8,11H,1H3. The van der Waals surface area contributed by atoms with Gasteiger partial charge in [0.1, 0.15) is 17.9 Å². The highest BCUT2D eigenvalue weighted by Crippen LogP contribution is 2.23. The molecule has 4 nitrogen and oxygen atoms in total. The van der Waals surface area contributed by atoms with Gasteiger partial charge in [0, 0.05) is 6.21 Å². The van der Waals surface area contributed by atoms with Gasteiger partial charge >= 0.3 is 0 Å². The van der Waals surface area contributed by atoms with Crippen LogP contribution >= 0.6 is 0 Å². The lowest BCUT2D eigenvalue weighted by Crippen LogP contribution is -1.86. The Morgan fingerprint density at radius 3 is 2.10 bits per heavy atom. The smallest absolute Gasteiger partial charge is 0.118 e. The highest BCUT2D eigenvalue weighted by molar-refractivity contribution is 5.83. The van der Waals surface area contributed by atoms with Gasteiger partial charge in [-0.05, 0) is 42.0 Å². The molecule has 0 fully saturated rings. The zero-order valence-corrected chi connectivity index (χ0v) is 10.9. The normalized spacial score (nSPS) is 9.95. The van der Waals surface area contributed by atoms with Crippen LogP contribution in [0.25, 0.3) is 0 Å². The summed E-state index contributed by atoms with van der Waals surface area (Å²) in [5, 5.41) is 18.1. The van der Waals surface area contributed by atoms with Crippen molar-refractivity contribution in [3.8, 4) is 17.9 Å².